The van der Waals surface area contributed by atoms with Crippen LogP contribution in [0.5, 0.6) is 0 Å². The second kappa shape index (κ2) is 5.41. The zero-order valence-corrected chi connectivity index (χ0v) is 14.1. The molecule has 5 atom stereocenters. The first-order chi connectivity index (χ1) is 11.1. The number of hydrogen-bond donors (Lipinski definition) is 0. The molecule has 0 saturated carbocycles. The molecule has 24 heavy (non-hydrogen) atoms. The average Bonchev–Trinajstić information content (AvgIpc) is 3.37. The Labute approximate surface area is 138 Å². The molecule has 0 bridgehead atoms. The molecule has 0 N–H and O–H groups in total. The highest BCUT2D eigenvalue weighted by Crippen LogP contribution is 2.59. The molecule has 2 saturated heterocycles. The Morgan fingerprint density at radius 3 is 2.62 bits per heavy atom. The van der Waals surface area contributed by atoms with Crippen LogP contribution in [0.1, 0.15) is 27.2 Å². The molecular weight excluding hydrogens is 325 g/mol. The van der Waals surface area contributed by atoms with Gasteiger partial charge in [-0.1, -0.05) is 6.08 Å². The molecule has 0 aromatic carbocycles. The Morgan fingerprint density at radius 2 is 2.12 bits per heavy atom. The Balaban J connectivity index is 1.81. The number of methoxy groups -OCH3 is 1. The Morgan fingerprint density at radius 1 is 1.50 bits per heavy atom. The summed E-state index contributed by atoms with van der Waals surface area (Å²) in [7, 11) is 1.45. The number of ketones is 1. The van der Waals surface area contributed by atoms with Crippen molar-refractivity contribution in [2.75, 3.05) is 13.7 Å². The number of rotatable bonds is 4. The third-order valence-electron chi connectivity index (χ3n) is 5.50. The van der Waals surface area contributed by atoms with Gasteiger partial charge in [-0.15, -0.1) is 0 Å². The largest absolute Gasteiger partial charge is 0.412 e. The Kier molecular flexibility index (Phi) is 3.97. The van der Waals surface area contributed by atoms with Crippen LogP contribution in [0.4, 0.5) is 13.2 Å². The van der Waals surface area contributed by atoms with Crippen LogP contribution in [-0.4, -0.2) is 49.1 Å². The van der Waals surface area contributed by atoms with Crippen molar-refractivity contribution in [1.29, 1.82) is 0 Å². The molecule has 0 aromatic rings. The van der Waals surface area contributed by atoms with Gasteiger partial charge in [0.1, 0.15) is 17.3 Å². The van der Waals surface area contributed by atoms with Gasteiger partial charge in [0.15, 0.2) is 5.78 Å². The molecule has 0 radical (unpaired) electrons. The van der Waals surface area contributed by atoms with Gasteiger partial charge in [-0.05, 0) is 38.8 Å². The fraction of sp³-hybridized carbons (Fsp3) is 0.706. The summed E-state index contributed by atoms with van der Waals surface area (Å²) in [6.07, 6.45) is -2.61. The number of hydrogen-bond acceptors (Lipinski definition) is 4. The van der Waals surface area contributed by atoms with Crippen LogP contribution in [-0.2, 0) is 19.0 Å². The average molecular weight is 346 g/mol. The van der Waals surface area contributed by atoms with Crippen molar-refractivity contribution in [3.05, 3.63) is 23.3 Å². The monoisotopic (exact) mass is 346 g/mol. The van der Waals surface area contributed by atoms with E-state index >= 15 is 0 Å². The molecule has 1 aliphatic carbocycles. The molecule has 1 unspecified atom stereocenters. The van der Waals surface area contributed by atoms with Gasteiger partial charge < -0.3 is 14.2 Å². The number of allylic oxidation sites excluding steroid dienone is 1. The van der Waals surface area contributed by atoms with Crippen LogP contribution in [0.2, 0.25) is 0 Å². The molecular formula is C17H21F3O4. The van der Waals surface area contributed by atoms with Gasteiger partial charge in [0.2, 0.25) is 0 Å². The number of carbonyl (C=O) groups excluding carboxylic acids is 1. The summed E-state index contributed by atoms with van der Waals surface area (Å²) in [6.45, 7) is 5.16. The standard InChI is InChI=1S/C17H21F3O4/c1-9(17(18,19)20)5-6-12-15(3,24-12)14-13(22-4)11(21)7-10(2)16(14)8-23-16/h5,7,12-14H,6,8H2,1-4H3/t12-,13-,14-,15?,16-/m1/s1. The van der Waals surface area contributed by atoms with Crippen molar-refractivity contribution in [3.8, 4) is 0 Å². The molecule has 1 spiro atoms. The van der Waals surface area contributed by atoms with Gasteiger partial charge in [0.25, 0.3) is 0 Å². The molecule has 4 nitrogen and oxygen atoms in total. The first-order valence-electron chi connectivity index (χ1n) is 7.87. The van der Waals surface area contributed by atoms with Crippen LogP contribution in [0.3, 0.4) is 0 Å². The summed E-state index contributed by atoms with van der Waals surface area (Å²) in [6, 6.07) is 0. The van der Waals surface area contributed by atoms with E-state index in [0.717, 1.165) is 18.6 Å². The van der Waals surface area contributed by atoms with Crippen LogP contribution in [0, 0.1) is 5.92 Å². The molecule has 0 amide bonds. The van der Waals surface area contributed by atoms with Gasteiger partial charge in [-0.25, -0.2) is 0 Å². The van der Waals surface area contributed by atoms with Crippen LogP contribution in [0.15, 0.2) is 23.3 Å². The predicted octanol–water partition coefficient (Wildman–Crippen LogP) is 2.97. The highest BCUT2D eigenvalue weighted by atomic mass is 19.4. The van der Waals surface area contributed by atoms with E-state index in [1.807, 2.05) is 13.8 Å². The van der Waals surface area contributed by atoms with Gasteiger partial charge in [0, 0.05) is 12.7 Å². The van der Waals surface area contributed by atoms with Crippen LogP contribution >= 0.6 is 0 Å². The molecule has 2 fully saturated rings. The van der Waals surface area contributed by atoms with Crippen molar-refractivity contribution in [1.82, 2.24) is 0 Å². The van der Waals surface area contributed by atoms with E-state index < -0.39 is 35.2 Å². The fourth-order valence-corrected chi connectivity index (χ4v) is 3.80. The highest BCUT2D eigenvalue weighted by Gasteiger charge is 2.72. The van der Waals surface area contributed by atoms with Crippen LogP contribution < -0.4 is 0 Å². The van der Waals surface area contributed by atoms with Gasteiger partial charge in [-0.3, -0.25) is 4.79 Å². The number of ether oxygens (including phenoxy) is 3. The summed E-state index contributed by atoms with van der Waals surface area (Å²) >= 11 is 0. The van der Waals surface area contributed by atoms with Crippen molar-refractivity contribution in [3.63, 3.8) is 0 Å². The molecule has 7 heteroatoms. The molecule has 0 aromatic heterocycles. The fourth-order valence-electron chi connectivity index (χ4n) is 3.80. The zero-order valence-electron chi connectivity index (χ0n) is 14.1. The molecule has 3 aliphatic rings. The summed E-state index contributed by atoms with van der Waals surface area (Å²) in [4.78, 5) is 12.3. The van der Waals surface area contributed by atoms with Crippen molar-refractivity contribution in [2.45, 2.75) is 56.8 Å². The number of carbonyl (C=O) groups is 1. The molecule has 134 valence electrons. The summed E-state index contributed by atoms with van der Waals surface area (Å²) in [5.74, 6) is -0.518. The number of halogens is 3. The second-order valence-electron chi connectivity index (χ2n) is 6.95. The Bertz CT molecular complexity index is 618. The van der Waals surface area contributed by atoms with Gasteiger partial charge in [-0.2, -0.15) is 13.2 Å². The smallest absolute Gasteiger partial charge is 0.373 e. The van der Waals surface area contributed by atoms with Crippen LogP contribution in [0.25, 0.3) is 0 Å². The maximum Gasteiger partial charge on any atom is 0.412 e. The van der Waals surface area contributed by atoms with E-state index in [9.17, 15) is 18.0 Å². The van der Waals surface area contributed by atoms with Crippen molar-refractivity contribution < 1.29 is 32.2 Å². The normalized spacial score (nSPS) is 42.3. The first kappa shape index (κ1) is 17.6. The van der Waals surface area contributed by atoms with E-state index in [1.165, 1.54) is 13.2 Å². The minimum atomic E-state index is -4.33. The third-order valence-corrected chi connectivity index (χ3v) is 5.50. The Hall–Kier alpha value is -1.18. The lowest BCUT2D eigenvalue weighted by Gasteiger charge is -2.36. The maximum atomic E-state index is 12.6. The number of epoxide rings is 2. The third kappa shape index (κ3) is 2.62. The minimum absolute atomic E-state index is 0.141. The first-order valence-corrected chi connectivity index (χ1v) is 7.87. The van der Waals surface area contributed by atoms with Gasteiger partial charge in [0.05, 0.1) is 18.6 Å². The summed E-state index contributed by atoms with van der Waals surface area (Å²) in [5.41, 5.74) is -1.16. The van der Waals surface area contributed by atoms with Crippen molar-refractivity contribution >= 4 is 5.78 Å². The topological polar surface area (TPSA) is 51.4 Å². The second-order valence-corrected chi connectivity index (χ2v) is 6.95. The van der Waals surface area contributed by atoms with Gasteiger partial charge >= 0.3 is 6.18 Å². The lowest BCUT2D eigenvalue weighted by molar-refractivity contribution is -0.132. The van der Waals surface area contributed by atoms with E-state index in [4.69, 9.17) is 14.2 Å². The van der Waals surface area contributed by atoms with E-state index in [2.05, 4.69) is 0 Å². The molecule has 2 heterocycles. The zero-order chi connectivity index (χ0) is 17.9. The lowest BCUT2D eigenvalue weighted by Crippen LogP contribution is -2.52. The number of alkyl halides is 3. The summed E-state index contributed by atoms with van der Waals surface area (Å²) in [5, 5.41) is 0. The molecule has 3 rings (SSSR count). The lowest BCUT2D eigenvalue weighted by atomic mass is 9.69. The SMILES string of the molecule is CO[C@@H]1C(=O)C=C(C)[C@]2(CO2)[C@H]1C1(C)O[C@@H]1CC=C(C)C(F)(F)F. The summed E-state index contributed by atoms with van der Waals surface area (Å²) < 4.78 is 54.7. The van der Waals surface area contributed by atoms with Crippen molar-refractivity contribution in [2.24, 2.45) is 5.92 Å². The predicted molar refractivity (Wildman–Crippen MR) is 79.4 cm³/mol. The highest BCUT2D eigenvalue weighted by molar-refractivity contribution is 5.96. The van der Waals surface area contributed by atoms with E-state index in [-0.39, 0.29) is 18.1 Å². The molecule has 2 aliphatic heterocycles. The van der Waals surface area contributed by atoms with E-state index in [1.54, 1.807) is 0 Å². The quantitative estimate of drug-likeness (QED) is 0.580. The van der Waals surface area contributed by atoms with E-state index in [0.29, 0.717) is 6.61 Å². The maximum absolute atomic E-state index is 12.6. The minimum Gasteiger partial charge on any atom is -0.373 e.